The summed E-state index contributed by atoms with van der Waals surface area (Å²) in [5.41, 5.74) is 0. The second kappa shape index (κ2) is 4.63. The first-order chi connectivity index (χ1) is 6.75. The number of rotatable bonds is 7. The summed E-state index contributed by atoms with van der Waals surface area (Å²) < 4.78 is 0. The standard InChI is InChI=1S/C12H24N2/c1-9(11-3-4-11)7-13-10(2)8-14-12-5-6-12/h9-14H,3-8H2,1-2H3. The topological polar surface area (TPSA) is 24.1 Å². The van der Waals surface area contributed by atoms with Crippen molar-refractivity contribution in [3.05, 3.63) is 0 Å². The highest BCUT2D eigenvalue weighted by Gasteiger charge is 2.27. The van der Waals surface area contributed by atoms with E-state index in [1.165, 1.54) is 32.2 Å². The van der Waals surface area contributed by atoms with Crippen LogP contribution in [0.25, 0.3) is 0 Å². The quantitative estimate of drug-likeness (QED) is 0.648. The summed E-state index contributed by atoms with van der Waals surface area (Å²) in [6, 6.07) is 1.48. The molecule has 2 heteroatoms. The van der Waals surface area contributed by atoms with E-state index in [1.807, 2.05) is 0 Å². The molecule has 2 saturated carbocycles. The van der Waals surface area contributed by atoms with E-state index >= 15 is 0 Å². The van der Waals surface area contributed by atoms with Crippen molar-refractivity contribution in [3.8, 4) is 0 Å². The normalized spacial score (nSPS) is 26.1. The molecule has 0 heterocycles. The molecule has 2 rings (SSSR count). The summed E-state index contributed by atoms with van der Waals surface area (Å²) in [7, 11) is 0. The van der Waals surface area contributed by atoms with Crippen LogP contribution in [0.3, 0.4) is 0 Å². The van der Waals surface area contributed by atoms with Crippen LogP contribution in [0.4, 0.5) is 0 Å². The Hall–Kier alpha value is -0.0800. The number of nitrogens with one attached hydrogen (secondary N) is 2. The van der Waals surface area contributed by atoms with Crippen molar-refractivity contribution in [1.29, 1.82) is 0 Å². The zero-order valence-corrected chi connectivity index (χ0v) is 9.55. The number of hydrogen-bond acceptors (Lipinski definition) is 2. The van der Waals surface area contributed by atoms with Gasteiger partial charge in [0.1, 0.15) is 0 Å². The van der Waals surface area contributed by atoms with Gasteiger partial charge in [0.05, 0.1) is 0 Å². The highest BCUT2D eigenvalue weighted by atomic mass is 15.0. The Morgan fingerprint density at radius 3 is 2.36 bits per heavy atom. The van der Waals surface area contributed by atoms with Crippen LogP contribution in [0.15, 0.2) is 0 Å². The average Bonchev–Trinajstić information content (AvgIpc) is 3.04. The molecule has 2 N–H and O–H groups in total. The molecular formula is C12H24N2. The third kappa shape index (κ3) is 3.58. The lowest BCUT2D eigenvalue weighted by molar-refractivity contribution is 0.414. The molecule has 2 atom stereocenters. The molecule has 2 aliphatic carbocycles. The molecule has 0 aliphatic heterocycles. The van der Waals surface area contributed by atoms with E-state index < -0.39 is 0 Å². The molecule has 2 unspecified atom stereocenters. The molecule has 0 aromatic heterocycles. The first kappa shape index (κ1) is 10.4. The SMILES string of the molecule is CC(CNC1CC1)NCC(C)C1CC1. The van der Waals surface area contributed by atoms with Crippen LogP contribution in [-0.4, -0.2) is 25.2 Å². The summed E-state index contributed by atoms with van der Waals surface area (Å²) in [5.74, 6) is 1.92. The molecule has 0 aromatic carbocycles. The molecule has 2 aliphatic rings. The molecule has 14 heavy (non-hydrogen) atoms. The first-order valence-electron chi connectivity index (χ1n) is 6.22. The lowest BCUT2D eigenvalue weighted by Crippen LogP contribution is -2.39. The van der Waals surface area contributed by atoms with Gasteiger partial charge in [-0.1, -0.05) is 6.92 Å². The third-order valence-electron chi connectivity index (χ3n) is 3.51. The van der Waals surface area contributed by atoms with E-state index in [2.05, 4.69) is 24.5 Å². The summed E-state index contributed by atoms with van der Waals surface area (Å²) in [4.78, 5) is 0. The maximum absolute atomic E-state index is 3.62. The molecule has 2 nitrogen and oxygen atoms in total. The van der Waals surface area contributed by atoms with Crippen molar-refractivity contribution in [2.24, 2.45) is 11.8 Å². The minimum Gasteiger partial charge on any atom is -0.313 e. The predicted octanol–water partition coefficient (Wildman–Crippen LogP) is 1.76. The van der Waals surface area contributed by atoms with Gasteiger partial charge in [-0.3, -0.25) is 0 Å². The molecule has 0 aromatic rings. The molecule has 0 saturated heterocycles. The Bertz CT molecular complexity index is 173. The summed E-state index contributed by atoms with van der Waals surface area (Å²) in [5, 5.41) is 7.19. The highest BCUT2D eigenvalue weighted by Crippen LogP contribution is 2.36. The van der Waals surface area contributed by atoms with E-state index in [9.17, 15) is 0 Å². The van der Waals surface area contributed by atoms with E-state index in [0.29, 0.717) is 6.04 Å². The Morgan fingerprint density at radius 2 is 1.79 bits per heavy atom. The summed E-state index contributed by atoms with van der Waals surface area (Å²) in [6.07, 6.45) is 5.73. The van der Waals surface area contributed by atoms with E-state index in [0.717, 1.165) is 24.4 Å². The second-order valence-electron chi connectivity index (χ2n) is 5.31. The van der Waals surface area contributed by atoms with Gasteiger partial charge in [0.2, 0.25) is 0 Å². The van der Waals surface area contributed by atoms with Gasteiger partial charge >= 0.3 is 0 Å². The van der Waals surface area contributed by atoms with Crippen LogP contribution in [0.1, 0.15) is 39.5 Å². The molecule has 0 bridgehead atoms. The van der Waals surface area contributed by atoms with Crippen molar-refractivity contribution < 1.29 is 0 Å². The van der Waals surface area contributed by atoms with Crippen molar-refractivity contribution in [3.63, 3.8) is 0 Å². The maximum Gasteiger partial charge on any atom is 0.0164 e. The van der Waals surface area contributed by atoms with Crippen molar-refractivity contribution >= 4 is 0 Å². The predicted molar refractivity (Wildman–Crippen MR) is 60.4 cm³/mol. The number of hydrogen-bond donors (Lipinski definition) is 2. The Kier molecular flexibility index (Phi) is 3.45. The molecule has 0 radical (unpaired) electrons. The first-order valence-corrected chi connectivity index (χ1v) is 6.22. The zero-order valence-electron chi connectivity index (χ0n) is 9.55. The van der Waals surface area contributed by atoms with Crippen LogP contribution in [0.5, 0.6) is 0 Å². The van der Waals surface area contributed by atoms with E-state index in [-0.39, 0.29) is 0 Å². The fourth-order valence-corrected chi connectivity index (χ4v) is 1.92. The maximum atomic E-state index is 3.62. The Labute approximate surface area is 87.8 Å². The van der Waals surface area contributed by atoms with Crippen LogP contribution >= 0.6 is 0 Å². The minimum absolute atomic E-state index is 0.636. The minimum atomic E-state index is 0.636. The Morgan fingerprint density at radius 1 is 1.07 bits per heavy atom. The molecule has 0 spiro atoms. The fourth-order valence-electron chi connectivity index (χ4n) is 1.92. The van der Waals surface area contributed by atoms with Gasteiger partial charge in [-0.2, -0.15) is 0 Å². The monoisotopic (exact) mass is 196 g/mol. The van der Waals surface area contributed by atoms with E-state index in [1.54, 1.807) is 0 Å². The zero-order chi connectivity index (χ0) is 9.97. The van der Waals surface area contributed by atoms with Gasteiger partial charge < -0.3 is 10.6 Å². The van der Waals surface area contributed by atoms with Gasteiger partial charge in [-0.25, -0.2) is 0 Å². The van der Waals surface area contributed by atoms with Gasteiger partial charge in [-0.05, 0) is 51.0 Å². The molecule has 0 amide bonds. The van der Waals surface area contributed by atoms with Gasteiger partial charge in [0.15, 0.2) is 0 Å². The summed E-state index contributed by atoms with van der Waals surface area (Å²) >= 11 is 0. The third-order valence-corrected chi connectivity index (χ3v) is 3.51. The van der Waals surface area contributed by atoms with Crippen LogP contribution < -0.4 is 10.6 Å². The summed E-state index contributed by atoms with van der Waals surface area (Å²) in [6.45, 7) is 7.01. The van der Waals surface area contributed by atoms with E-state index in [4.69, 9.17) is 0 Å². The fraction of sp³-hybridized carbons (Fsp3) is 1.00. The van der Waals surface area contributed by atoms with Crippen molar-refractivity contribution in [1.82, 2.24) is 10.6 Å². The van der Waals surface area contributed by atoms with Gasteiger partial charge in [-0.15, -0.1) is 0 Å². The smallest absolute Gasteiger partial charge is 0.0164 e. The molecule has 2 fully saturated rings. The Balaban J connectivity index is 1.49. The van der Waals surface area contributed by atoms with Gasteiger partial charge in [0, 0.05) is 18.6 Å². The highest BCUT2D eigenvalue weighted by molar-refractivity contribution is 4.83. The van der Waals surface area contributed by atoms with Crippen LogP contribution in [0, 0.1) is 11.8 Å². The lowest BCUT2D eigenvalue weighted by Gasteiger charge is -2.17. The lowest BCUT2D eigenvalue weighted by atomic mass is 10.1. The largest absolute Gasteiger partial charge is 0.313 e. The van der Waals surface area contributed by atoms with Crippen LogP contribution in [0.2, 0.25) is 0 Å². The average molecular weight is 196 g/mol. The van der Waals surface area contributed by atoms with Crippen molar-refractivity contribution in [2.45, 2.75) is 51.6 Å². The van der Waals surface area contributed by atoms with Gasteiger partial charge in [0.25, 0.3) is 0 Å². The molecular weight excluding hydrogens is 172 g/mol. The second-order valence-corrected chi connectivity index (χ2v) is 5.31. The van der Waals surface area contributed by atoms with Crippen molar-refractivity contribution in [2.75, 3.05) is 13.1 Å². The molecule has 82 valence electrons. The van der Waals surface area contributed by atoms with Crippen LogP contribution in [-0.2, 0) is 0 Å².